The molecule has 7 rings (SSSR count). The monoisotopic (exact) mass is 691 g/mol. The van der Waals surface area contributed by atoms with Gasteiger partial charge in [0.2, 0.25) is 17.7 Å². The first-order valence-electron chi connectivity index (χ1n) is 17.9. The minimum atomic E-state index is -1.24. The van der Waals surface area contributed by atoms with Crippen LogP contribution in [0.2, 0.25) is 5.02 Å². The molecule has 0 unspecified atom stereocenters. The quantitative estimate of drug-likeness (QED) is 0.351. The molecule has 0 radical (unpaired) electrons. The second-order valence-electron chi connectivity index (χ2n) is 14.7. The molecule has 3 saturated heterocycles. The van der Waals surface area contributed by atoms with E-state index in [-0.39, 0.29) is 22.9 Å². The Morgan fingerprint density at radius 1 is 1.00 bits per heavy atom. The average molecular weight is 692 g/mol. The summed E-state index contributed by atoms with van der Waals surface area (Å²) in [5, 5.41) is 6.04. The van der Waals surface area contributed by atoms with Crippen molar-refractivity contribution in [2.24, 2.45) is 23.7 Å². The molecule has 0 aromatic heterocycles. The van der Waals surface area contributed by atoms with Gasteiger partial charge in [0.05, 0.1) is 23.0 Å². The van der Waals surface area contributed by atoms with E-state index in [4.69, 9.17) is 16.3 Å². The fourth-order valence-corrected chi connectivity index (χ4v) is 9.01. The van der Waals surface area contributed by atoms with E-state index in [2.05, 4.69) is 58.5 Å². The van der Waals surface area contributed by atoms with Gasteiger partial charge in [-0.3, -0.25) is 19.3 Å². The smallest absolute Gasteiger partial charge is 0.246 e. The highest BCUT2D eigenvalue weighted by molar-refractivity contribution is 6.31. The van der Waals surface area contributed by atoms with Crippen molar-refractivity contribution in [3.05, 3.63) is 77.1 Å². The van der Waals surface area contributed by atoms with E-state index in [1.165, 1.54) is 23.8 Å². The molecule has 8 atom stereocenters. The van der Waals surface area contributed by atoms with Gasteiger partial charge in [0.15, 0.2) is 0 Å². The highest BCUT2D eigenvalue weighted by Gasteiger charge is 2.72. The van der Waals surface area contributed by atoms with Crippen LogP contribution in [0.3, 0.4) is 0 Å². The number of amides is 3. The molecule has 1 aliphatic carbocycles. The molecule has 3 amide bonds. The maximum atomic E-state index is 14.4. The van der Waals surface area contributed by atoms with Crippen molar-refractivity contribution < 1.29 is 23.5 Å². The van der Waals surface area contributed by atoms with Crippen molar-refractivity contribution in [3.8, 4) is 0 Å². The van der Waals surface area contributed by atoms with Crippen LogP contribution in [0, 0.1) is 29.5 Å². The number of nitrogens with zero attached hydrogens (tertiary/aromatic N) is 3. The first-order valence-corrected chi connectivity index (χ1v) is 18.2. The minimum Gasteiger partial charge on any atom is -0.359 e. The Kier molecular flexibility index (Phi) is 9.85. The fourth-order valence-electron chi connectivity index (χ4n) is 8.83. The van der Waals surface area contributed by atoms with Gasteiger partial charge in [0.1, 0.15) is 17.5 Å². The number of halogens is 2. The summed E-state index contributed by atoms with van der Waals surface area (Å²) in [5.41, 5.74) is 0.410. The molecule has 11 heteroatoms. The van der Waals surface area contributed by atoms with Crippen molar-refractivity contribution in [2.45, 2.75) is 69.9 Å². The van der Waals surface area contributed by atoms with Gasteiger partial charge in [-0.05, 0) is 55.0 Å². The van der Waals surface area contributed by atoms with Crippen LogP contribution in [0.5, 0.6) is 0 Å². The van der Waals surface area contributed by atoms with Gasteiger partial charge >= 0.3 is 0 Å². The number of hydrogen-bond acceptors (Lipinski definition) is 6. The van der Waals surface area contributed by atoms with Gasteiger partial charge in [-0.1, -0.05) is 80.8 Å². The number of hydrogen-bond donors (Lipinski definition) is 2. The van der Waals surface area contributed by atoms with E-state index in [0.29, 0.717) is 30.5 Å². The number of benzene rings is 2. The van der Waals surface area contributed by atoms with Crippen molar-refractivity contribution in [2.75, 3.05) is 44.6 Å². The lowest BCUT2D eigenvalue weighted by Gasteiger charge is -2.38. The molecule has 2 bridgehead atoms. The Balaban J connectivity index is 1.06. The second-order valence-corrected chi connectivity index (χ2v) is 15.1. The zero-order valence-corrected chi connectivity index (χ0v) is 29.1. The molecule has 5 aliphatic rings. The zero-order valence-electron chi connectivity index (χ0n) is 28.3. The van der Waals surface area contributed by atoms with Crippen LogP contribution < -0.4 is 10.6 Å². The van der Waals surface area contributed by atoms with Crippen molar-refractivity contribution in [3.63, 3.8) is 0 Å². The number of fused-ring (bicyclic) bond motifs is 1. The molecule has 49 heavy (non-hydrogen) atoms. The summed E-state index contributed by atoms with van der Waals surface area (Å²) < 4.78 is 20.3. The first-order chi connectivity index (χ1) is 23.6. The standard InChI is InChI=1S/C38H47ClFN5O4/c1-24-8-6-11-30(25(24)2)42-36(47)34-38-15-14-31(49-38)32(35(46)41-27-12-13-29(40)28(39)22-27)33(38)37(48)45(34)17-7-16-43-18-20-44(21-19-43)23-26-9-4-3-5-10-26/h3-5,9-10,12-15,22,24-25,30-34H,6-8,11,16-21,23H2,1-2H3,(H,41,46)(H,42,47)/t24-,25+,30+,31+,32+,33+,34+,38+/m1/s1. The van der Waals surface area contributed by atoms with Crippen LogP contribution in [-0.4, -0.2) is 95.5 Å². The molecular weight excluding hydrogens is 645 g/mol. The third-order valence-corrected chi connectivity index (χ3v) is 12.0. The predicted octanol–water partition coefficient (Wildman–Crippen LogP) is 4.72. The molecule has 4 aliphatic heterocycles. The summed E-state index contributed by atoms with van der Waals surface area (Å²) in [6, 6.07) is 13.6. The van der Waals surface area contributed by atoms with Crippen LogP contribution in [-0.2, 0) is 25.7 Å². The molecule has 2 aromatic rings. The van der Waals surface area contributed by atoms with Crippen molar-refractivity contribution >= 4 is 35.0 Å². The number of likely N-dealkylation sites (tertiary alicyclic amines) is 1. The van der Waals surface area contributed by atoms with E-state index in [0.717, 1.165) is 58.5 Å². The third kappa shape index (κ3) is 6.65. The van der Waals surface area contributed by atoms with Gasteiger partial charge in [-0.2, -0.15) is 0 Å². The highest BCUT2D eigenvalue weighted by Crippen LogP contribution is 2.55. The number of carbonyl (C=O) groups excluding carboxylic acids is 3. The van der Waals surface area contributed by atoms with E-state index in [1.807, 2.05) is 18.2 Å². The highest BCUT2D eigenvalue weighted by atomic mass is 35.5. The molecule has 2 aromatic carbocycles. The lowest BCUT2D eigenvalue weighted by atomic mass is 9.73. The molecule has 1 saturated carbocycles. The number of nitrogens with one attached hydrogen (secondary N) is 2. The normalized spacial score (nSPS) is 32.8. The van der Waals surface area contributed by atoms with Gasteiger partial charge in [0.25, 0.3) is 0 Å². The summed E-state index contributed by atoms with van der Waals surface area (Å²) in [6.07, 6.45) is 6.80. The Labute approximate surface area is 293 Å². The maximum Gasteiger partial charge on any atom is 0.246 e. The number of piperazine rings is 1. The lowest BCUT2D eigenvalue weighted by molar-refractivity contribution is -0.141. The summed E-state index contributed by atoms with van der Waals surface area (Å²) in [7, 11) is 0. The van der Waals surface area contributed by atoms with Gasteiger partial charge in [-0.15, -0.1) is 0 Å². The molecular formula is C38H47ClFN5O4. The summed E-state index contributed by atoms with van der Waals surface area (Å²) in [6.45, 7) is 10.4. The molecule has 4 heterocycles. The van der Waals surface area contributed by atoms with Crippen LogP contribution in [0.4, 0.5) is 10.1 Å². The van der Waals surface area contributed by atoms with Crippen LogP contribution in [0.1, 0.15) is 45.1 Å². The Bertz CT molecular complexity index is 1580. The number of rotatable bonds is 10. The molecule has 9 nitrogen and oxygen atoms in total. The van der Waals surface area contributed by atoms with E-state index < -0.39 is 41.3 Å². The Morgan fingerprint density at radius 2 is 1.76 bits per heavy atom. The topological polar surface area (TPSA) is 94.2 Å². The molecule has 262 valence electrons. The average Bonchev–Trinajstić information content (AvgIpc) is 3.73. The zero-order chi connectivity index (χ0) is 34.3. The minimum absolute atomic E-state index is 0.0146. The Hall–Kier alpha value is -3.31. The molecule has 4 fully saturated rings. The Morgan fingerprint density at radius 3 is 2.51 bits per heavy atom. The first kappa shape index (κ1) is 34.2. The van der Waals surface area contributed by atoms with Crippen LogP contribution in [0.25, 0.3) is 0 Å². The predicted molar refractivity (Wildman–Crippen MR) is 186 cm³/mol. The van der Waals surface area contributed by atoms with Crippen molar-refractivity contribution in [1.29, 1.82) is 0 Å². The van der Waals surface area contributed by atoms with Crippen LogP contribution >= 0.6 is 11.6 Å². The summed E-state index contributed by atoms with van der Waals surface area (Å²) in [5.74, 6) is -2.33. The van der Waals surface area contributed by atoms with Gasteiger partial charge in [-0.25, -0.2) is 4.39 Å². The molecule has 1 spiro atoms. The number of ether oxygens (including phenoxy) is 1. The fraction of sp³-hybridized carbons (Fsp3) is 0.553. The van der Waals surface area contributed by atoms with E-state index in [1.54, 1.807) is 4.90 Å². The largest absolute Gasteiger partial charge is 0.359 e. The van der Waals surface area contributed by atoms with E-state index in [9.17, 15) is 18.8 Å². The van der Waals surface area contributed by atoms with Crippen LogP contribution in [0.15, 0.2) is 60.7 Å². The summed E-state index contributed by atoms with van der Waals surface area (Å²) in [4.78, 5) is 49.1. The van der Waals surface area contributed by atoms with Gasteiger partial charge < -0.3 is 25.2 Å². The lowest BCUT2D eigenvalue weighted by Crippen LogP contribution is -2.58. The number of carbonyl (C=O) groups is 3. The second kappa shape index (κ2) is 14.1. The van der Waals surface area contributed by atoms with Crippen molar-refractivity contribution in [1.82, 2.24) is 20.0 Å². The molecule has 2 N–H and O–H groups in total. The van der Waals surface area contributed by atoms with Gasteiger partial charge in [0, 0.05) is 51.0 Å². The SMILES string of the molecule is C[C@H]1[C@H](C)CCC[C@@H]1NC(=O)[C@@H]1N(CCCN2CCN(Cc3ccccc3)CC2)C(=O)[C@@H]2[C@@H](C(=O)Nc3ccc(F)c(Cl)c3)[C@@H]3C=C[C@]21O3. The third-order valence-electron chi connectivity index (χ3n) is 11.7. The maximum absolute atomic E-state index is 14.4. The van der Waals surface area contributed by atoms with E-state index >= 15 is 0 Å². The summed E-state index contributed by atoms with van der Waals surface area (Å²) >= 11 is 5.97. The number of anilines is 1.